The van der Waals surface area contributed by atoms with Crippen LogP contribution in [0.25, 0.3) is 21.8 Å². The summed E-state index contributed by atoms with van der Waals surface area (Å²) in [5, 5.41) is 5.77. The second-order valence-electron chi connectivity index (χ2n) is 4.62. The van der Waals surface area contributed by atoms with E-state index in [0.29, 0.717) is 6.54 Å². The summed E-state index contributed by atoms with van der Waals surface area (Å²) in [6.45, 7) is 1.60. The topological polar surface area (TPSA) is 50.9 Å². The maximum atomic E-state index is 5.53. The van der Waals surface area contributed by atoms with E-state index >= 15 is 0 Å². The second-order valence-corrected chi connectivity index (χ2v) is 4.62. The number of para-hydroxylation sites is 1. The van der Waals surface area contributed by atoms with Gasteiger partial charge in [0.25, 0.3) is 0 Å². The van der Waals surface area contributed by atoms with Crippen molar-refractivity contribution in [3.63, 3.8) is 0 Å². The van der Waals surface area contributed by atoms with Gasteiger partial charge in [-0.25, -0.2) is 4.98 Å². The minimum absolute atomic E-state index is 0.707. The Bertz CT molecular complexity index is 707. The molecule has 0 unspecified atom stereocenters. The summed E-state index contributed by atoms with van der Waals surface area (Å²) in [5.74, 6) is 0. The Hall–Kier alpha value is -2.13. The highest BCUT2D eigenvalue weighted by Crippen LogP contribution is 2.25. The lowest BCUT2D eigenvalue weighted by Crippen LogP contribution is -2.08. The van der Waals surface area contributed by atoms with Gasteiger partial charge in [-0.1, -0.05) is 24.3 Å². The summed E-state index contributed by atoms with van der Waals surface area (Å²) in [6.07, 6.45) is 0.970. The van der Waals surface area contributed by atoms with Crippen LogP contribution in [0.3, 0.4) is 0 Å². The van der Waals surface area contributed by atoms with Gasteiger partial charge in [-0.2, -0.15) is 0 Å². The van der Waals surface area contributed by atoms with E-state index in [9.17, 15) is 0 Å². The zero-order chi connectivity index (χ0) is 13.1. The van der Waals surface area contributed by atoms with E-state index in [1.165, 1.54) is 10.8 Å². The van der Waals surface area contributed by atoms with Crippen LogP contribution in [0.5, 0.6) is 0 Å². The largest absolute Gasteiger partial charge is 0.384 e. The van der Waals surface area contributed by atoms with Crippen LogP contribution in [0.15, 0.2) is 48.5 Å². The highest BCUT2D eigenvalue weighted by atomic mass is 14.9. The van der Waals surface area contributed by atoms with Crippen molar-refractivity contribution in [2.24, 2.45) is 5.73 Å². The Morgan fingerprint density at radius 1 is 1.00 bits per heavy atom. The molecular formula is C16H17N3. The maximum Gasteiger partial charge on any atom is 0.0730 e. The lowest BCUT2D eigenvalue weighted by Gasteiger charge is -2.10. The third-order valence-corrected chi connectivity index (χ3v) is 3.26. The van der Waals surface area contributed by atoms with Crippen LogP contribution in [0.2, 0.25) is 0 Å². The van der Waals surface area contributed by atoms with Gasteiger partial charge in [0.05, 0.1) is 11.0 Å². The van der Waals surface area contributed by atoms with Gasteiger partial charge in [0.15, 0.2) is 0 Å². The van der Waals surface area contributed by atoms with Crippen molar-refractivity contribution in [2.45, 2.75) is 6.42 Å². The van der Waals surface area contributed by atoms with Gasteiger partial charge < -0.3 is 11.1 Å². The molecule has 0 aliphatic heterocycles. The van der Waals surface area contributed by atoms with Crippen LogP contribution < -0.4 is 11.1 Å². The molecule has 19 heavy (non-hydrogen) atoms. The van der Waals surface area contributed by atoms with E-state index in [1.54, 1.807) is 0 Å². The van der Waals surface area contributed by atoms with E-state index in [0.717, 1.165) is 29.7 Å². The highest BCUT2D eigenvalue weighted by molar-refractivity contribution is 5.99. The van der Waals surface area contributed by atoms with Gasteiger partial charge in [0, 0.05) is 23.0 Å². The Balaban J connectivity index is 2.09. The fourth-order valence-corrected chi connectivity index (χ4v) is 2.28. The molecule has 3 aromatic rings. The molecule has 0 saturated carbocycles. The van der Waals surface area contributed by atoms with Crippen LogP contribution in [0, 0.1) is 0 Å². The second kappa shape index (κ2) is 5.24. The molecule has 0 aliphatic rings. The molecule has 1 heterocycles. The number of rotatable bonds is 4. The summed E-state index contributed by atoms with van der Waals surface area (Å²) in [5.41, 5.74) is 8.72. The highest BCUT2D eigenvalue weighted by Gasteiger charge is 2.03. The molecule has 3 heteroatoms. The molecule has 0 fully saturated rings. The SMILES string of the molecule is NCCCNc1cccc2nc3ccccc3cc12. The van der Waals surface area contributed by atoms with E-state index in [-0.39, 0.29) is 0 Å². The summed E-state index contributed by atoms with van der Waals surface area (Å²) in [4.78, 5) is 4.70. The number of hydrogen-bond acceptors (Lipinski definition) is 3. The third-order valence-electron chi connectivity index (χ3n) is 3.26. The minimum Gasteiger partial charge on any atom is -0.384 e. The van der Waals surface area contributed by atoms with Crippen molar-refractivity contribution in [3.8, 4) is 0 Å². The van der Waals surface area contributed by atoms with Crippen molar-refractivity contribution in [1.82, 2.24) is 4.98 Å². The molecule has 0 amide bonds. The first-order valence-electron chi connectivity index (χ1n) is 6.61. The van der Waals surface area contributed by atoms with Gasteiger partial charge >= 0.3 is 0 Å². The molecule has 96 valence electrons. The third kappa shape index (κ3) is 2.37. The first-order valence-corrected chi connectivity index (χ1v) is 6.61. The zero-order valence-corrected chi connectivity index (χ0v) is 10.8. The van der Waals surface area contributed by atoms with Crippen LogP contribution in [-0.2, 0) is 0 Å². The van der Waals surface area contributed by atoms with Crippen molar-refractivity contribution in [2.75, 3.05) is 18.4 Å². The fraction of sp³-hybridized carbons (Fsp3) is 0.188. The molecular weight excluding hydrogens is 234 g/mol. The van der Waals surface area contributed by atoms with Crippen molar-refractivity contribution < 1.29 is 0 Å². The average Bonchev–Trinajstić information content (AvgIpc) is 2.46. The predicted molar refractivity (Wildman–Crippen MR) is 81.4 cm³/mol. The molecule has 1 aromatic heterocycles. The number of fused-ring (bicyclic) bond motifs is 2. The fourth-order valence-electron chi connectivity index (χ4n) is 2.28. The molecule has 3 nitrogen and oxygen atoms in total. The van der Waals surface area contributed by atoms with Crippen LogP contribution in [0.4, 0.5) is 5.69 Å². The molecule has 3 rings (SSSR count). The van der Waals surface area contributed by atoms with Crippen LogP contribution >= 0.6 is 0 Å². The van der Waals surface area contributed by atoms with Gasteiger partial charge in [-0.15, -0.1) is 0 Å². The van der Waals surface area contributed by atoms with Crippen molar-refractivity contribution >= 4 is 27.5 Å². The lowest BCUT2D eigenvalue weighted by molar-refractivity contribution is 0.875. The molecule has 0 aliphatic carbocycles. The standard InChI is InChI=1S/C16H17N3/c17-9-4-10-18-15-7-3-8-16-13(15)11-12-5-1-2-6-14(12)19-16/h1-3,5-8,11,18H,4,9-10,17H2. The molecule has 2 aromatic carbocycles. The monoisotopic (exact) mass is 251 g/mol. The molecule has 0 saturated heterocycles. The van der Waals surface area contributed by atoms with E-state index in [4.69, 9.17) is 10.7 Å². The predicted octanol–water partition coefficient (Wildman–Crippen LogP) is 3.15. The Morgan fingerprint density at radius 2 is 1.84 bits per heavy atom. The van der Waals surface area contributed by atoms with Crippen LogP contribution in [0.1, 0.15) is 6.42 Å². The number of pyridine rings is 1. The Kier molecular flexibility index (Phi) is 3.29. The number of benzene rings is 2. The van der Waals surface area contributed by atoms with Gasteiger partial charge in [-0.05, 0) is 37.2 Å². The number of nitrogens with zero attached hydrogens (tertiary/aromatic N) is 1. The minimum atomic E-state index is 0.707. The lowest BCUT2D eigenvalue weighted by atomic mass is 10.1. The van der Waals surface area contributed by atoms with E-state index in [1.807, 2.05) is 24.3 Å². The smallest absolute Gasteiger partial charge is 0.0730 e. The summed E-state index contributed by atoms with van der Waals surface area (Å²) < 4.78 is 0. The molecule has 3 N–H and O–H groups in total. The van der Waals surface area contributed by atoms with Crippen LogP contribution in [-0.4, -0.2) is 18.1 Å². The first kappa shape index (κ1) is 11.9. The Morgan fingerprint density at radius 3 is 2.74 bits per heavy atom. The number of nitrogens with two attached hydrogens (primary N) is 1. The zero-order valence-electron chi connectivity index (χ0n) is 10.8. The quantitative estimate of drug-likeness (QED) is 0.553. The molecule has 0 radical (unpaired) electrons. The summed E-state index contributed by atoms with van der Waals surface area (Å²) in [6, 6.07) is 16.6. The van der Waals surface area contributed by atoms with Gasteiger partial charge in [0.1, 0.15) is 0 Å². The van der Waals surface area contributed by atoms with Crippen molar-refractivity contribution in [3.05, 3.63) is 48.5 Å². The molecule has 0 atom stereocenters. The average molecular weight is 251 g/mol. The van der Waals surface area contributed by atoms with E-state index in [2.05, 4.69) is 29.6 Å². The van der Waals surface area contributed by atoms with E-state index < -0.39 is 0 Å². The number of anilines is 1. The molecule has 0 spiro atoms. The summed E-state index contributed by atoms with van der Waals surface area (Å²) >= 11 is 0. The molecule has 0 bridgehead atoms. The first-order chi connectivity index (χ1) is 9.38. The van der Waals surface area contributed by atoms with Crippen molar-refractivity contribution in [1.29, 1.82) is 0 Å². The summed E-state index contributed by atoms with van der Waals surface area (Å²) in [7, 11) is 0. The normalized spacial score (nSPS) is 11.0. The number of nitrogens with one attached hydrogen (secondary N) is 1. The number of hydrogen-bond donors (Lipinski definition) is 2. The number of aromatic nitrogens is 1. The van der Waals surface area contributed by atoms with Gasteiger partial charge in [-0.3, -0.25) is 0 Å². The van der Waals surface area contributed by atoms with Gasteiger partial charge in [0.2, 0.25) is 0 Å². The Labute approximate surface area is 112 Å². The maximum absolute atomic E-state index is 5.53.